The Balaban J connectivity index is 2.26. The van der Waals surface area contributed by atoms with E-state index >= 15 is 0 Å². The Bertz CT molecular complexity index is 516. The van der Waals surface area contributed by atoms with E-state index in [1.807, 2.05) is 31.3 Å². The number of aromatic nitrogens is 1. The molecule has 0 radical (unpaired) electrons. The maximum atomic E-state index is 6.29. The molecule has 0 N–H and O–H groups in total. The molecule has 0 aliphatic carbocycles. The number of anilines is 1. The molecule has 0 saturated heterocycles. The van der Waals surface area contributed by atoms with E-state index in [4.69, 9.17) is 11.6 Å². The van der Waals surface area contributed by atoms with Gasteiger partial charge >= 0.3 is 0 Å². The van der Waals surface area contributed by atoms with Gasteiger partial charge in [0.05, 0.1) is 10.7 Å². The fourth-order valence-electron chi connectivity index (χ4n) is 1.94. The van der Waals surface area contributed by atoms with Crippen molar-refractivity contribution in [2.75, 3.05) is 11.9 Å². The lowest BCUT2D eigenvalue weighted by Crippen LogP contribution is -2.18. The van der Waals surface area contributed by atoms with Crippen LogP contribution in [0.25, 0.3) is 0 Å². The van der Waals surface area contributed by atoms with Gasteiger partial charge in [0.1, 0.15) is 0 Å². The zero-order valence-electron chi connectivity index (χ0n) is 10.1. The van der Waals surface area contributed by atoms with Crippen LogP contribution in [-0.2, 0) is 11.9 Å². The molecule has 1 aromatic heterocycles. The molecule has 0 fully saturated rings. The van der Waals surface area contributed by atoms with Crippen molar-refractivity contribution in [2.45, 2.75) is 11.9 Å². The largest absolute Gasteiger partial charge is 0.369 e. The number of para-hydroxylation sites is 1. The van der Waals surface area contributed by atoms with Crippen LogP contribution in [0, 0.1) is 0 Å². The molecule has 0 saturated carbocycles. The zero-order chi connectivity index (χ0) is 13.0. The van der Waals surface area contributed by atoms with Crippen molar-refractivity contribution in [1.82, 2.24) is 4.98 Å². The van der Waals surface area contributed by atoms with Crippen molar-refractivity contribution in [3.05, 3.63) is 58.9 Å². The van der Waals surface area contributed by atoms with Crippen LogP contribution in [0.15, 0.2) is 42.7 Å². The smallest absolute Gasteiger partial charge is 0.0642 e. The molecule has 0 amide bonds. The van der Waals surface area contributed by atoms with Gasteiger partial charge in [0, 0.05) is 31.3 Å². The molecule has 1 heterocycles. The summed E-state index contributed by atoms with van der Waals surface area (Å²) in [6, 6.07) is 10.0. The standard InChI is InChI=1S/C14H14BrClN2/c1-18(10-11-5-7-17-8-6-11)14-12(9-15)3-2-4-13(14)16/h2-8H,9-10H2,1H3. The van der Waals surface area contributed by atoms with Gasteiger partial charge in [0.2, 0.25) is 0 Å². The van der Waals surface area contributed by atoms with Gasteiger partial charge in [-0.15, -0.1) is 0 Å². The molecule has 0 atom stereocenters. The summed E-state index contributed by atoms with van der Waals surface area (Å²) in [6.45, 7) is 0.812. The summed E-state index contributed by atoms with van der Waals surface area (Å²) >= 11 is 9.80. The summed E-state index contributed by atoms with van der Waals surface area (Å²) in [6.07, 6.45) is 3.61. The van der Waals surface area contributed by atoms with Crippen LogP contribution in [0.5, 0.6) is 0 Å². The van der Waals surface area contributed by atoms with Crippen LogP contribution in [0.3, 0.4) is 0 Å². The van der Waals surface area contributed by atoms with Gasteiger partial charge in [-0.05, 0) is 29.3 Å². The molecule has 2 rings (SSSR count). The number of halogens is 2. The van der Waals surface area contributed by atoms with E-state index < -0.39 is 0 Å². The van der Waals surface area contributed by atoms with E-state index in [0.717, 1.165) is 22.6 Å². The molecular weight excluding hydrogens is 312 g/mol. The Labute approximate surface area is 121 Å². The Kier molecular flexibility index (Phi) is 4.61. The van der Waals surface area contributed by atoms with Gasteiger partial charge in [-0.1, -0.05) is 39.7 Å². The van der Waals surface area contributed by atoms with Crippen LogP contribution >= 0.6 is 27.5 Å². The summed E-state index contributed by atoms with van der Waals surface area (Å²) < 4.78 is 0. The zero-order valence-corrected chi connectivity index (χ0v) is 12.4. The monoisotopic (exact) mass is 324 g/mol. The second-order valence-corrected chi connectivity index (χ2v) is 5.06. The second kappa shape index (κ2) is 6.21. The molecule has 0 aliphatic rings. The number of hydrogen-bond acceptors (Lipinski definition) is 2. The van der Waals surface area contributed by atoms with Gasteiger partial charge < -0.3 is 4.90 Å². The highest BCUT2D eigenvalue weighted by Crippen LogP contribution is 2.31. The average molecular weight is 326 g/mol. The third-order valence-electron chi connectivity index (χ3n) is 2.77. The predicted molar refractivity (Wildman–Crippen MR) is 80.4 cm³/mol. The Morgan fingerprint density at radius 1 is 1.22 bits per heavy atom. The average Bonchev–Trinajstić information content (AvgIpc) is 2.39. The Hall–Kier alpha value is -1.06. The highest BCUT2D eigenvalue weighted by Gasteiger charge is 2.11. The number of rotatable bonds is 4. The molecule has 0 bridgehead atoms. The van der Waals surface area contributed by atoms with Gasteiger partial charge in [-0.2, -0.15) is 0 Å². The summed E-state index contributed by atoms with van der Waals surface area (Å²) in [4.78, 5) is 6.19. The van der Waals surface area contributed by atoms with E-state index in [9.17, 15) is 0 Å². The van der Waals surface area contributed by atoms with E-state index in [1.54, 1.807) is 12.4 Å². The SMILES string of the molecule is CN(Cc1ccncc1)c1c(Cl)cccc1CBr. The van der Waals surface area contributed by atoms with Crippen LogP contribution < -0.4 is 4.90 Å². The minimum atomic E-state index is 0.781. The molecule has 18 heavy (non-hydrogen) atoms. The molecule has 0 unspecified atom stereocenters. The van der Waals surface area contributed by atoms with Gasteiger partial charge in [0.25, 0.3) is 0 Å². The van der Waals surface area contributed by atoms with Crippen molar-refractivity contribution in [1.29, 1.82) is 0 Å². The fourth-order valence-corrected chi connectivity index (χ4v) is 2.73. The number of nitrogens with zero attached hydrogens (tertiary/aromatic N) is 2. The van der Waals surface area contributed by atoms with Gasteiger partial charge in [0.15, 0.2) is 0 Å². The first-order chi connectivity index (χ1) is 8.72. The molecule has 94 valence electrons. The molecule has 2 aromatic rings. The molecule has 1 aromatic carbocycles. The third-order valence-corrected chi connectivity index (χ3v) is 3.67. The quantitative estimate of drug-likeness (QED) is 0.781. The lowest BCUT2D eigenvalue weighted by molar-refractivity contribution is 0.913. The lowest BCUT2D eigenvalue weighted by atomic mass is 10.1. The molecule has 0 spiro atoms. The van der Waals surface area contributed by atoms with E-state index in [0.29, 0.717) is 0 Å². The highest BCUT2D eigenvalue weighted by molar-refractivity contribution is 9.08. The first kappa shape index (κ1) is 13.4. The summed E-state index contributed by atoms with van der Waals surface area (Å²) in [7, 11) is 2.05. The van der Waals surface area contributed by atoms with Crippen molar-refractivity contribution in [3.63, 3.8) is 0 Å². The Morgan fingerprint density at radius 2 is 1.94 bits per heavy atom. The van der Waals surface area contributed by atoms with Crippen molar-refractivity contribution in [2.24, 2.45) is 0 Å². The highest BCUT2D eigenvalue weighted by atomic mass is 79.9. The summed E-state index contributed by atoms with van der Waals surface area (Å²) in [5.74, 6) is 0. The van der Waals surface area contributed by atoms with Gasteiger partial charge in [-0.25, -0.2) is 0 Å². The van der Waals surface area contributed by atoms with Crippen molar-refractivity contribution < 1.29 is 0 Å². The first-order valence-electron chi connectivity index (χ1n) is 5.65. The van der Waals surface area contributed by atoms with Crippen molar-refractivity contribution >= 4 is 33.2 Å². The van der Waals surface area contributed by atoms with E-state index in [2.05, 4.69) is 31.9 Å². The molecule has 0 aliphatic heterocycles. The minimum Gasteiger partial charge on any atom is -0.369 e. The Morgan fingerprint density at radius 3 is 2.61 bits per heavy atom. The third kappa shape index (κ3) is 3.03. The van der Waals surface area contributed by atoms with Gasteiger partial charge in [-0.3, -0.25) is 4.98 Å². The molecule has 2 nitrogen and oxygen atoms in total. The fraction of sp³-hybridized carbons (Fsp3) is 0.214. The maximum Gasteiger partial charge on any atom is 0.0642 e. The second-order valence-electron chi connectivity index (χ2n) is 4.09. The van der Waals surface area contributed by atoms with Crippen LogP contribution in [0.2, 0.25) is 5.02 Å². The lowest BCUT2D eigenvalue weighted by Gasteiger charge is -2.23. The van der Waals surface area contributed by atoms with E-state index in [1.165, 1.54) is 11.1 Å². The topological polar surface area (TPSA) is 16.1 Å². The maximum absolute atomic E-state index is 6.29. The number of pyridine rings is 1. The molecular formula is C14H14BrClN2. The predicted octanol–water partition coefficient (Wildman–Crippen LogP) is 4.27. The van der Waals surface area contributed by atoms with Crippen LogP contribution in [0.4, 0.5) is 5.69 Å². The number of alkyl halides is 1. The summed E-state index contributed by atoms with van der Waals surface area (Å²) in [5.41, 5.74) is 3.49. The first-order valence-corrected chi connectivity index (χ1v) is 7.15. The minimum absolute atomic E-state index is 0.781. The number of hydrogen-bond donors (Lipinski definition) is 0. The van der Waals surface area contributed by atoms with Crippen LogP contribution in [-0.4, -0.2) is 12.0 Å². The normalized spacial score (nSPS) is 10.4. The molecule has 4 heteroatoms. The van der Waals surface area contributed by atoms with Crippen LogP contribution in [0.1, 0.15) is 11.1 Å². The van der Waals surface area contributed by atoms with Crippen molar-refractivity contribution in [3.8, 4) is 0 Å². The van der Waals surface area contributed by atoms with E-state index in [-0.39, 0.29) is 0 Å². The number of benzene rings is 1. The summed E-state index contributed by atoms with van der Waals surface area (Å²) in [5, 5.41) is 1.58.